The number of primary amides is 1. The minimum Gasteiger partial charge on any atom is -0.497 e. The number of amides is 1. The summed E-state index contributed by atoms with van der Waals surface area (Å²) in [5.74, 6) is 1.96. The lowest BCUT2D eigenvalue weighted by molar-refractivity contribution is 0.100. The average molecular weight is 537 g/mol. The van der Waals surface area contributed by atoms with Gasteiger partial charge in [-0.2, -0.15) is 0 Å². The molecule has 1 fully saturated rings. The number of carbonyl (C=O) groups excluding carboxylic acids is 1. The maximum atomic E-state index is 13.2. The summed E-state index contributed by atoms with van der Waals surface area (Å²) < 4.78 is 13.8. The number of nitrogens with two attached hydrogens (primary N) is 1. The molecule has 0 spiro atoms. The van der Waals surface area contributed by atoms with Gasteiger partial charge in [0.1, 0.15) is 17.1 Å². The van der Waals surface area contributed by atoms with E-state index in [9.17, 15) is 9.59 Å². The molecule has 1 aliphatic carbocycles. The molecule has 1 amide bonds. The van der Waals surface area contributed by atoms with E-state index in [-0.39, 0.29) is 11.5 Å². The lowest BCUT2D eigenvalue weighted by Crippen LogP contribution is -2.20. The highest BCUT2D eigenvalue weighted by molar-refractivity contribution is 5.95. The third kappa shape index (κ3) is 4.81. The second-order valence-electron chi connectivity index (χ2n) is 10.6. The van der Waals surface area contributed by atoms with Crippen LogP contribution in [-0.4, -0.2) is 22.6 Å². The Morgan fingerprint density at radius 2 is 1.77 bits per heavy atom. The van der Waals surface area contributed by atoms with Crippen LogP contribution >= 0.6 is 0 Å². The van der Waals surface area contributed by atoms with Crippen molar-refractivity contribution >= 4 is 39.5 Å². The molecule has 1 atom stereocenters. The number of hydrogen-bond acceptors (Lipinski definition) is 6. The molecule has 2 heterocycles. The first kappa shape index (κ1) is 25.7. The van der Waals surface area contributed by atoms with E-state index in [0.29, 0.717) is 33.8 Å². The van der Waals surface area contributed by atoms with Crippen molar-refractivity contribution in [3.63, 3.8) is 0 Å². The van der Waals surface area contributed by atoms with Crippen LogP contribution in [0.1, 0.15) is 55.4 Å². The van der Waals surface area contributed by atoms with Crippen LogP contribution in [0.4, 0.5) is 11.6 Å². The van der Waals surface area contributed by atoms with Gasteiger partial charge in [0, 0.05) is 35.0 Å². The van der Waals surface area contributed by atoms with Crippen molar-refractivity contribution in [1.82, 2.24) is 9.55 Å². The summed E-state index contributed by atoms with van der Waals surface area (Å²) in [6.07, 6.45) is 6.11. The molecule has 0 bridgehead atoms. The van der Waals surface area contributed by atoms with Crippen molar-refractivity contribution in [2.45, 2.75) is 45.1 Å². The summed E-state index contributed by atoms with van der Waals surface area (Å²) in [5.41, 5.74) is 9.33. The van der Waals surface area contributed by atoms with Crippen molar-refractivity contribution in [1.29, 1.82) is 0 Å². The number of aromatic nitrogens is 2. The molecule has 8 heteroatoms. The van der Waals surface area contributed by atoms with Gasteiger partial charge in [0.05, 0.1) is 23.5 Å². The quantitative estimate of drug-likeness (QED) is 0.236. The van der Waals surface area contributed by atoms with Gasteiger partial charge < -0.3 is 24.8 Å². The van der Waals surface area contributed by atoms with Gasteiger partial charge in [-0.15, -0.1) is 0 Å². The maximum absolute atomic E-state index is 13.2. The molecule has 1 saturated carbocycles. The van der Waals surface area contributed by atoms with Crippen LogP contribution in [0.5, 0.6) is 5.75 Å². The number of rotatable bonds is 7. The fraction of sp³-hybridized carbons (Fsp3) is 0.281. The Morgan fingerprint density at radius 1 is 1.05 bits per heavy atom. The largest absolute Gasteiger partial charge is 0.497 e. The summed E-state index contributed by atoms with van der Waals surface area (Å²) in [6, 6.07) is 19.9. The smallest absolute Gasteiger partial charge is 0.248 e. The highest BCUT2D eigenvalue weighted by Gasteiger charge is 2.26. The molecular formula is C32H32N4O4. The maximum Gasteiger partial charge on any atom is 0.248 e. The van der Waals surface area contributed by atoms with Gasteiger partial charge in [-0.05, 0) is 68.1 Å². The molecule has 6 rings (SSSR count). The van der Waals surface area contributed by atoms with E-state index >= 15 is 0 Å². The first-order valence-corrected chi connectivity index (χ1v) is 13.7. The molecular weight excluding hydrogens is 504 g/mol. The Morgan fingerprint density at radius 3 is 2.45 bits per heavy atom. The highest BCUT2D eigenvalue weighted by Crippen LogP contribution is 2.38. The van der Waals surface area contributed by atoms with E-state index < -0.39 is 5.91 Å². The van der Waals surface area contributed by atoms with Gasteiger partial charge in [0.15, 0.2) is 5.43 Å². The molecule has 5 aromatic rings. The number of fused-ring (bicyclic) bond motifs is 2. The number of methoxy groups -OCH3 is 1. The third-order valence-electron chi connectivity index (χ3n) is 8.08. The molecule has 1 aliphatic rings. The van der Waals surface area contributed by atoms with Crippen LogP contribution in [-0.2, 0) is 0 Å². The van der Waals surface area contributed by atoms with Crippen LogP contribution in [0.15, 0.2) is 75.9 Å². The van der Waals surface area contributed by atoms with E-state index in [1.165, 1.54) is 38.2 Å². The molecule has 0 unspecified atom stereocenters. The highest BCUT2D eigenvalue weighted by atomic mass is 16.5. The molecule has 2 aromatic heterocycles. The minimum absolute atomic E-state index is 0.156. The Hall–Kier alpha value is -4.59. The van der Waals surface area contributed by atoms with Gasteiger partial charge in [-0.25, -0.2) is 4.98 Å². The van der Waals surface area contributed by atoms with Crippen LogP contribution in [0.2, 0.25) is 0 Å². The molecule has 40 heavy (non-hydrogen) atoms. The van der Waals surface area contributed by atoms with Crippen molar-refractivity contribution < 1.29 is 13.9 Å². The van der Waals surface area contributed by atoms with Crippen molar-refractivity contribution in [3.8, 4) is 17.1 Å². The molecule has 0 radical (unpaired) electrons. The number of imidazole rings is 1. The monoisotopic (exact) mass is 536 g/mol. The van der Waals surface area contributed by atoms with Gasteiger partial charge in [0.2, 0.25) is 11.9 Å². The first-order chi connectivity index (χ1) is 19.4. The number of ether oxygens (including phenoxy) is 1. The Labute approximate surface area is 231 Å². The lowest BCUT2D eigenvalue weighted by Gasteiger charge is -2.30. The summed E-state index contributed by atoms with van der Waals surface area (Å²) >= 11 is 0. The number of carbonyl (C=O) groups is 1. The Balaban J connectivity index is 1.48. The predicted molar refractivity (Wildman–Crippen MR) is 157 cm³/mol. The van der Waals surface area contributed by atoms with Gasteiger partial charge in [-0.1, -0.05) is 31.4 Å². The summed E-state index contributed by atoms with van der Waals surface area (Å²) in [7, 11) is 1.65. The van der Waals surface area contributed by atoms with Gasteiger partial charge in [0.25, 0.3) is 0 Å². The van der Waals surface area contributed by atoms with Crippen LogP contribution in [0.3, 0.4) is 0 Å². The molecule has 8 nitrogen and oxygen atoms in total. The zero-order valence-corrected chi connectivity index (χ0v) is 22.6. The molecule has 0 saturated heterocycles. The van der Waals surface area contributed by atoms with Gasteiger partial charge >= 0.3 is 0 Å². The van der Waals surface area contributed by atoms with Crippen LogP contribution < -0.4 is 21.2 Å². The van der Waals surface area contributed by atoms with E-state index in [4.69, 9.17) is 19.9 Å². The topological polar surface area (TPSA) is 112 Å². The SMILES string of the molecule is COc1ccc(Nc2nc3cc4c(=O)cc(-c5ccc(C(N)=O)cc5)oc4cc3n2[C@H](C)C2CCCCC2)cc1. The summed E-state index contributed by atoms with van der Waals surface area (Å²) in [4.78, 5) is 29.7. The van der Waals surface area contributed by atoms with E-state index in [2.05, 4.69) is 16.8 Å². The Kier molecular flexibility index (Phi) is 6.76. The first-order valence-electron chi connectivity index (χ1n) is 13.7. The second kappa shape index (κ2) is 10.5. The van der Waals surface area contributed by atoms with Crippen molar-refractivity contribution in [3.05, 3.63) is 82.5 Å². The van der Waals surface area contributed by atoms with E-state index in [1.807, 2.05) is 36.4 Å². The van der Waals surface area contributed by atoms with Crippen LogP contribution in [0.25, 0.3) is 33.3 Å². The number of anilines is 2. The van der Waals surface area contributed by atoms with E-state index in [0.717, 1.165) is 28.4 Å². The molecule has 3 aromatic carbocycles. The zero-order chi connectivity index (χ0) is 27.8. The molecule has 204 valence electrons. The van der Waals surface area contributed by atoms with Crippen LogP contribution in [0, 0.1) is 5.92 Å². The zero-order valence-electron chi connectivity index (χ0n) is 22.6. The summed E-state index contributed by atoms with van der Waals surface area (Å²) in [6.45, 7) is 2.26. The van der Waals surface area contributed by atoms with E-state index in [1.54, 1.807) is 31.4 Å². The predicted octanol–water partition coefficient (Wildman–Crippen LogP) is 6.80. The van der Waals surface area contributed by atoms with Gasteiger partial charge in [-0.3, -0.25) is 9.59 Å². The fourth-order valence-electron chi connectivity index (χ4n) is 5.82. The average Bonchev–Trinajstić information content (AvgIpc) is 3.33. The second-order valence-corrected chi connectivity index (χ2v) is 10.6. The lowest BCUT2D eigenvalue weighted by atomic mass is 9.84. The Bertz CT molecular complexity index is 1750. The fourth-order valence-corrected chi connectivity index (χ4v) is 5.82. The standard InChI is InChI=1S/C32H32N4O4/c1-19(20-6-4-3-5-7-20)36-27-17-30-25(16-26(27)35-32(36)34-23-12-14-24(39-2)15-13-23)28(37)18-29(40-30)21-8-10-22(11-9-21)31(33)38/h8-20H,3-7H2,1-2H3,(H2,33,38)(H,34,35)/t19-/m1/s1. The molecule has 3 N–H and O–H groups in total. The molecule has 0 aliphatic heterocycles. The van der Waals surface area contributed by atoms with Crippen molar-refractivity contribution in [2.24, 2.45) is 11.7 Å². The van der Waals surface area contributed by atoms with Crippen molar-refractivity contribution in [2.75, 3.05) is 12.4 Å². The number of hydrogen-bond donors (Lipinski definition) is 2. The number of nitrogens with one attached hydrogen (secondary N) is 1. The summed E-state index contributed by atoms with van der Waals surface area (Å²) in [5, 5.41) is 3.97. The normalized spacial score (nSPS) is 14.8. The number of benzene rings is 3. The number of nitrogens with zero attached hydrogens (tertiary/aromatic N) is 2. The minimum atomic E-state index is -0.506. The third-order valence-corrected chi connectivity index (χ3v) is 8.08.